The van der Waals surface area contributed by atoms with E-state index in [9.17, 15) is 8.42 Å². The maximum atomic E-state index is 12.9. The van der Waals surface area contributed by atoms with Gasteiger partial charge in [0.05, 0.1) is 16.8 Å². The smallest absolute Gasteiger partial charge is 0.261 e. The summed E-state index contributed by atoms with van der Waals surface area (Å²) in [5, 5.41) is 7.93. The van der Waals surface area contributed by atoms with Crippen LogP contribution in [0, 0.1) is 13.8 Å². The quantitative estimate of drug-likeness (QED) is 0.500. The van der Waals surface area contributed by atoms with E-state index < -0.39 is 10.0 Å². The van der Waals surface area contributed by atoms with E-state index in [4.69, 9.17) is 11.6 Å². The fourth-order valence-electron chi connectivity index (χ4n) is 2.99. The van der Waals surface area contributed by atoms with Gasteiger partial charge in [-0.15, -0.1) is 11.3 Å². The van der Waals surface area contributed by atoms with E-state index >= 15 is 0 Å². The van der Waals surface area contributed by atoms with Gasteiger partial charge in [0.1, 0.15) is 4.83 Å². The number of anilines is 1. The molecule has 1 aromatic carbocycles. The molecule has 0 aliphatic carbocycles. The second-order valence-corrected chi connectivity index (χ2v) is 9.40. The van der Waals surface area contributed by atoms with Crippen LogP contribution < -0.4 is 4.72 Å². The predicted molar refractivity (Wildman–Crippen MR) is 109 cm³/mol. The highest BCUT2D eigenvalue weighted by Crippen LogP contribution is 2.41. The summed E-state index contributed by atoms with van der Waals surface area (Å²) < 4.78 is 28.5. The van der Waals surface area contributed by atoms with Gasteiger partial charge < -0.3 is 0 Å². The molecule has 0 saturated heterocycles. The van der Waals surface area contributed by atoms with E-state index in [1.807, 2.05) is 13.8 Å². The number of nitrogens with one attached hydrogen (secondary N) is 2. The van der Waals surface area contributed by atoms with Crippen molar-refractivity contribution < 1.29 is 8.42 Å². The number of aromatic amines is 1. The summed E-state index contributed by atoms with van der Waals surface area (Å²) >= 11 is 7.48. The summed E-state index contributed by atoms with van der Waals surface area (Å²) in [6.45, 7) is 3.82. The molecule has 0 spiro atoms. The summed E-state index contributed by atoms with van der Waals surface area (Å²) in [6.07, 6.45) is 3.49. The topological polar surface area (TPSA) is 87.7 Å². The summed E-state index contributed by atoms with van der Waals surface area (Å²) in [5.41, 5.74) is 3.01. The number of aryl methyl sites for hydroxylation is 2. The Morgan fingerprint density at radius 2 is 2.04 bits per heavy atom. The van der Waals surface area contributed by atoms with Gasteiger partial charge in [-0.05, 0) is 38.1 Å². The van der Waals surface area contributed by atoms with E-state index in [1.165, 1.54) is 23.5 Å². The molecule has 3 aromatic heterocycles. The first-order chi connectivity index (χ1) is 12.8. The Hall–Kier alpha value is -2.42. The van der Waals surface area contributed by atoms with Gasteiger partial charge in [0.25, 0.3) is 10.0 Å². The fraction of sp³-hybridized carbons (Fsp3) is 0.111. The van der Waals surface area contributed by atoms with Crippen molar-refractivity contribution in [2.75, 3.05) is 4.72 Å². The lowest BCUT2D eigenvalue weighted by molar-refractivity contribution is 0.601. The van der Waals surface area contributed by atoms with Crippen LogP contribution in [0.1, 0.15) is 10.6 Å². The second-order valence-electron chi connectivity index (χ2n) is 6.07. The molecule has 0 fully saturated rings. The molecule has 0 amide bonds. The molecular formula is C18H15ClN4O2S2. The maximum absolute atomic E-state index is 12.9. The van der Waals surface area contributed by atoms with Crippen molar-refractivity contribution in [3.63, 3.8) is 0 Å². The molecule has 0 saturated carbocycles. The Morgan fingerprint density at radius 3 is 2.74 bits per heavy atom. The van der Waals surface area contributed by atoms with E-state index in [2.05, 4.69) is 19.9 Å². The number of aromatic nitrogens is 3. The van der Waals surface area contributed by atoms with Gasteiger partial charge in [0, 0.05) is 38.3 Å². The van der Waals surface area contributed by atoms with Gasteiger partial charge in [0.2, 0.25) is 0 Å². The van der Waals surface area contributed by atoms with Crippen LogP contribution in [0.2, 0.25) is 5.02 Å². The number of halogens is 1. The average Bonchev–Trinajstić information content (AvgIpc) is 3.21. The molecular weight excluding hydrogens is 404 g/mol. The maximum Gasteiger partial charge on any atom is 0.261 e. The second kappa shape index (κ2) is 6.63. The van der Waals surface area contributed by atoms with Crippen LogP contribution in [0.3, 0.4) is 0 Å². The Bertz CT molecular complexity index is 1250. The third kappa shape index (κ3) is 3.31. The van der Waals surface area contributed by atoms with Gasteiger partial charge in [-0.3, -0.25) is 9.82 Å². The molecule has 9 heteroatoms. The van der Waals surface area contributed by atoms with Crippen LogP contribution in [-0.2, 0) is 10.0 Å². The fourth-order valence-corrected chi connectivity index (χ4v) is 5.46. The molecule has 0 aliphatic heterocycles. The van der Waals surface area contributed by atoms with E-state index in [1.54, 1.807) is 30.6 Å². The number of hydrogen-bond donors (Lipinski definition) is 2. The molecule has 2 N–H and O–H groups in total. The zero-order chi connectivity index (χ0) is 19.2. The molecule has 4 rings (SSSR count). The first-order valence-corrected chi connectivity index (χ1v) is 10.7. The molecule has 0 aliphatic rings. The number of benzene rings is 1. The van der Waals surface area contributed by atoms with Crippen molar-refractivity contribution in [2.24, 2.45) is 0 Å². The minimum Gasteiger partial charge on any atom is -0.285 e. The number of sulfonamides is 1. The highest BCUT2D eigenvalue weighted by molar-refractivity contribution is 7.92. The van der Waals surface area contributed by atoms with Crippen LogP contribution in [0.15, 0.2) is 47.6 Å². The van der Waals surface area contributed by atoms with Crippen LogP contribution in [0.4, 0.5) is 5.69 Å². The summed E-state index contributed by atoms with van der Waals surface area (Å²) in [5.74, 6) is 0. The number of H-pyrrole nitrogens is 1. The van der Waals surface area contributed by atoms with Crippen molar-refractivity contribution in [1.29, 1.82) is 0 Å². The Kier molecular flexibility index (Phi) is 4.41. The van der Waals surface area contributed by atoms with Crippen LogP contribution >= 0.6 is 22.9 Å². The summed E-state index contributed by atoms with van der Waals surface area (Å²) in [4.78, 5) is 6.49. The summed E-state index contributed by atoms with van der Waals surface area (Å²) in [6, 6.07) is 7.91. The van der Waals surface area contributed by atoms with Crippen molar-refractivity contribution in [2.45, 2.75) is 18.7 Å². The predicted octanol–water partition coefficient (Wildman–Crippen LogP) is 4.76. The highest BCUT2D eigenvalue weighted by Gasteiger charge is 2.21. The number of rotatable bonds is 4. The Labute approximate surface area is 165 Å². The first-order valence-electron chi connectivity index (χ1n) is 8.03. The summed E-state index contributed by atoms with van der Waals surface area (Å²) in [7, 11) is -3.80. The van der Waals surface area contributed by atoms with Crippen molar-refractivity contribution in [1.82, 2.24) is 15.2 Å². The largest absolute Gasteiger partial charge is 0.285 e. The zero-order valence-corrected chi connectivity index (χ0v) is 16.8. The SMILES string of the molecule is Cc1cc(NS(=O)(=O)c2cccc(Cl)c2)c2c(-c3cn[nH]c3)c(C)sc2n1. The monoisotopic (exact) mass is 418 g/mol. The number of hydrogen-bond acceptors (Lipinski definition) is 5. The molecule has 0 radical (unpaired) electrons. The molecule has 0 atom stereocenters. The van der Waals surface area contributed by atoms with Gasteiger partial charge >= 0.3 is 0 Å². The molecule has 138 valence electrons. The van der Waals surface area contributed by atoms with Crippen molar-refractivity contribution in [3.8, 4) is 11.1 Å². The zero-order valence-electron chi connectivity index (χ0n) is 14.4. The lowest BCUT2D eigenvalue weighted by Gasteiger charge is -2.11. The molecule has 27 heavy (non-hydrogen) atoms. The molecule has 0 unspecified atom stereocenters. The first kappa shape index (κ1) is 18.0. The van der Waals surface area contributed by atoms with Crippen LogP contribution in [0.5, 0.6) is 0 Å². The number of pyridine rings is 1. The third-order valence-corrected chi connectivity index (χ3v) is 6.70. The van der Waals surface area contributed by atoms with E-state index in [-0.39, 0.29) is 4.90 Å². The van der Waals surface area contributed by atoms with E-state index in [0.29, 0.717) is 10.7 Å². The number of fused-ring (bicyclic) bond motifs is 1. The number of thiophene rings is 1. The molecule has 0 bridgehead atoms. The Balaban J connectivity index is 1.91. The minimum atomic E-state index is -3.80. The van der Waals surface area contributed by atoms with Crippen LogP contribution in [-0.4, -0.2) is 23.6 Å². The van der Waals surface area contributed by atoms with Crippen LogP contribution in [0.25, 0.3) is 21.3 Å². The molecule has 6 nitrogen and oxygen atoms in total. The minimum absolute atomic E-state index is 0.106. The Morgan fingerprint density at radius 1 is 1.22 bits per heavy atom. The van der Waals surface area contributed by atoms with Gasteiger partial charge in [0.15, 0.2) is 0 Å². The van der Waals surface area contributed by atoms with Gasteiger partial charge in [-0.2, -0.15) is 5.10 Å². The molecule has 4 aromatic rings. The standard InChI is InChI=1S/C18H15ClN4O2S2/c1-10-6-15(23-27(24,25)14-5-3-4-13(19)7-14)17-16(12-8-20-21-9-12)11(2)26-18(17)22-10/h3-9H,1-2H3,(H,20,21)(H,22,23). The van der Waals surface area contributed by atoms with Gasteiger partial charge in [-0.25, -0.2) is 13.4 Å². The average molecular weight is 419 g/mol. The normalized spacial score (nSPS) is 11.8. The van der Waals surface area contributed by atoms with Crippen molar-refractivity contribution >= 4 is 48.9 Å². The van der Waals surface area contributed by atoms with E-state index in [0.717, 1.165) is 31.9 Å². The third-order valence-electron chi connectivity index (χ3n) is 4.10. The lowest BCUT2D eigenvalue weighted by atomic mass is 10.1. The lowest BCUT2D eigenvalue weighted by Crippen LogP contribution is -2.13. The molecule has 3 heterocycles. The van der Waals surface area contributed by atoms with Crippen molar-refractivity contribution in [3.05, 3.63) is 58.3 Å². The number of nitrogens with zero attached hydrogens (tertiary/aromatic N) is 2. The van der Waals surface area contributed by atoms with Gasteiger partial charge in [-0.1, -0.05) is 17.7 Å². The highest BCUT2D eigenvalue weighted by atomic mass is 35.5.